The topological polar surface area (TPSA) is 29.5 Å². The largest absolute Gasteiger partial charge is 0.456 e. The first kappa shape index (κ1) is 31.3. The van der Waals surface area contributed by atoms with Crippen molar-refractivity contribution in [2.45, 2.75) is 19.3 Å². The van der Waals surface area contributed by atoms with E-state index in [4.69, 9.17) is 8.83 Å². The Morgan fingerprint density at radius 3 is 1.82 bits per heavy atom. The third-order valence-electron chi connectivity index (χ3n) is 12.3. The smallest absolute Gasteiger partial charge is 0.145 e. The predicted molar refractivity (Wildman–Crippen MR) is 234 cm³/mol. The van der Waals surface area contributed by atoms with Gasteiger partial charge in [-0.1, -0.05) is 141 Å². The van der Waals surface area contributed by atoms with E-state index in [9.17, 15) is 0 Å². The average Bonchev–Trinajstić information content (AvgIpc) is 3.90. The van der Waals surface area contributed by atoms with Gasteiger partial charge in [-0.3, -0.25) is 0 Å². The first-order valence-electron chi connectivity index (χ1n) is 19.4. The van der Waals surface area contributed by atoms with Crippen LogP contribution in [0.3, 0.4) is 0 Å². The van der Waals surface area contributed by atoms with Gasteiger partial charge in [-0.2, -0.15) is 0 Å². The summed E-state index contributed by atoms with van der Waals surface area (Å²) in [5.74, 6) is 0. The van der Waals surface area contributed by atoms with E-state index in [1.54, 1.807) is 0 Å². The number of hydrogen-bond acceptors (Lipinski definition) is 3. The van der Waals surface area contributed by atoms with Crippen LogP contribution in [0.15, 0.2) is 185 Å². The van der Waals surface area contributed by atoms with Gasteiger partial charge in [-0.15, -0.1) is 0 Å². The fourth-order valence-corrected chi connectivity index (χ4v) is 9.74. The first-order valence-corrected chi connectivity index (χ1v) is 19.4. The molecule has 0 atom stereocenters. The Labute approximate surface area is 323 Å². The molecule has 11 aromatic rings. The van der Waals surface area contributed by atoms with Gasteiger partial charge >= 0.3 is 0 Å². The molecule has 1 aliphatic carbocycles. The first-order chi connectivity index (χ1) is 27.6. The minimum Gasteiger partial charge on any atom is -0.456 e. The van der Waals surface area contributed by atoms with Gasteiger partial charge in [-0.05, 0) is 92.3 Å². The van der Waals surface area contributed by atoms with Gasteiger partial charge in [-0.25, -0.2) is 0 Å². The Morgan fingerprint density at radius 2 is 0.982 bits per heavy atom. The van der Waals surface area contributed by atoms with Crippen LogP contribution in [0.2, 0.25) is 0 Å². The lowest BCUT2D eigenvalue weighted by molar-refractivity contribution is 0.660. The zero-order chi connectivity index (χ0) is 37.1. The number of nitrogens with zero attached hydrogens (tertiary/aromatic N) is 1. The molecular weight excluding hydrogens is 683 g/mol. The number of hydrogen-bond donors (Lipinski definition) is 0. The molecule has 3 heteroatoms. The second-order valence-electron chi connectivity index (χ2n) is 15.6. The molecule has 1 aliphatic rings. The fourth-order valence-electron chi connectivity index (χ4n) is 9.74. The minimum atomic E-state index is -0.166. The monoisotopic (exact) mass is 717 g/mol. The molecule has 2 aromatic heterocycles. The van der Waals surface area contributed by atoms with Gasteiger partial charge in [0.2, 0.25) is 0 Å². The van der Waals surface area contributed by atoms with E-state index < -0.39 is 0 Å². The summed E-state index contributed by atoms with van der Waals surface area (Å²) in [6.45, 7) is 4.70. The van der Waals surface area contributed by atoms with Gasteiger partial charge in [0.15, 0.2) is 0 Å². The van der Waals surface area contributed by atoms with Crippen molar-refractivity contribution in [2.75, 3.05) is 4.90 Å². The van der Waals surface area contributed by atoms with Crippen molar-refractivity contribution in [1.82, 2.24) is 0 Å². The van der Waals surface area contributed by atoms with Crippen molar-refractivity contribution < 1.29 is 8.83 Å². The number of anilines is 3. The average molecular weight is 718 g/mol. The SMILES string of the molecule is CC1(C)c2ccccc2-c2c(N(c3cccc4oc5ccccc5c34)c3ccc(-c4cc5ccccc5c5ccccc45)c4oc5ccccc5c34)cccc21. The van der Waals surface area contributed by atoms with Crippen molar-refractivity contribution in [3.05, 3.63) is 187 Å². The second-order valence-corrected chi connectivity index (χ2v) is 15.6. The van der Waals surface area contributed by atoms with Crippen molar-refractivity contribution in [2.24, 2.45) is 0 Å². The van der Waals surface area contributed by atoms with Crippen LogP contribution in [0.1, 0.15) is 25.0 Å². The summed E-state index contributed by atoms with van der Waals surface area (Å²) in [4.78, 5) is 2.48. The lowest BCUT2D eigenvalue weighted by Crippen LogP contribution is -2.16. The third kappa shape index (κ3) is 4.23. The summed E-state index contributed by atoms with van der Waals surface area (Å²) >= 11 is 0. The summed E-state index contributed by atoms with van der Waals surface area (Å²) in [7, 11) is 0. The molecule has 2 heterocycles. The van der Waals surface area contributed by atoms with Crippen molar-refractivity contribution in [3.63, 3.8) is 0 Å². The number of rotatable bonds is 4. The van der Waals surface area contributed by atoms with E-state index in [2.05, 4.69) is 189 Å². The maximum atomic E-state index is 7.04. The zero-order valence-electron chi connectivity index (χ0n) is 31.0. The Kier molecular flexibility index (Phi) is 6.40. The standard InChI is InChI=1S/C53H35NO2/c1-53(2)41-22-10-7-19-37(41)49-42(53)23-13-24-43(49)54(44-25-14-28-48-50(44)38-20-8-11-26-46(38)55-48)45-30-29-36(52-51(45)39-21-9-12-27-47(39)56-52)40-31-32-15-3-4-16-33(32)34-17-5-6-18-35(34)40/h3-31H,1-2H3. The number of para-hydroxylation sites is 2. The van der Waals surface area contributed by atoms with Gasteiger partial charge in [0.05, 0.1) is 27.8 Å². The maximum Gasteiger partial charge on any atom is 0.145 e. The molecule has 0 fully saturated rings. The molecule has 0 amide bonds. The van der Waals surface area contributed by atoms with E-state index >= 15 is 0 Å². The van der Waals surface area contributed by atoms with Gasteiger partial charge in [0.1, 0.15) is 22.3 Å². The Hall–Kier alpha value is -7.10. The summed E-state index contributed by atoms with van der Waals surface area (Å²) in [6.07, 6.45) is 0. The molecule has 0 saturated carbocycles. The van der Waals surface area contributed by atoms with E-state index in [0.717, 1.165) is 72.1 Å². The van der Waals surface area contributed by atoms with Crippen LogP contribution in [0.5, 0.6) is 0 Å². The van der Waals surface area contributed by atoms with E-state index in [1.165, 1.54) is 43.8 Å². The molecule has 9 aromatic carbocycles. The summed E-state index contributed by atoms with van der Waals surface area (Å²) in [5.41, 5.74) is 13.9. The van der Waals surface area contributed by atoms with E-state index in [-0.39, 0.29) is 5.41 Å². The Bertz CT molecular complexity index is 3420. The summed E-state index contributed by atoms with van der Waals surface area (Å²) < 4.78 is 13.6. The Morgan fingerprint density at radius 1 is 0.393 bits per heavy atom. The molecule has 0 unspecified atom stereocenters. The molecule has 3 nitrogen and oxygen atoms in total. The number of benzene rings is 9. The molecule has 12 rings (SSSR count). The minimum absolute atomic E-state index is 0.166. The highest BCUT2D eigenvalue weighted by molar-refractivity contribution is 6.23. The van der Waals surface area contributed by atoms with Crippen LogP contribution < -0.4 is 4.90 Å². The van der Waals surface area contributed by atoms with Crippen LogP contribution in [-0.2, 0) is 5.41 Å². The summed E-state index contributed by atoms with van der Waals surface area (Å²) in [5, 5.41) is 9.20. The van der Waals surface area contributed by atoms with Crippen molar-refractivity contribution in [1.29, 1.82) is 0 Å². The second kappa shape index (κ2) is 11.5. The molecule has 0 aliphatic heterocycles. The molecule has 0 saturated heterocycles. The predicted octanol–water partition coefficient (Wildman–Crippen LogP) is 15.2. The molecular formula is C53H35NO2. The number of fused-ring (bicyclic) bond motifs is 12. The highest BCUT2D eigenvalue weighted by Crippen LogP contribution is 2.56. The van der Waals surface area contributed by atoms with Crippen LogP contribution in [0.4, 0.5) is 17.1 Å². The fraction of sp³-hybridized carbons (Fsp3) is 0.0566. The van der Waals surface area contributed by atoms with Crippen LogP contribution in [0, 0.1) is 0 Å². The van der Waals surface area contributed by atoms with Crippen LogP contribution in [0.25, 0.3) is 87.7 Å². The molecule has 264 valence electrons. The quantitative estimate of drug-likeness (QED) is 0.170. The van der Waals surface area contributed by atoms with E-state index in [1.807, 2.05) is 6.07 Å². The highest BCUT2D eigenvalue weighted by atomic mass is 16.3. The lowest BCUT2D eigenvalue weighted by Gasteiger charge is -2.30. The molecule has 0 N–H and O–H groups in total. The Balaban J connectivity index is 1.23. The van der Waals surface area contributed by atoms with Gasteiger partial charge in [0.25, 0.3) is 0 Å². The van der Waals surface area contributed by atoms with Crippen molar-refractivity contribution >= 4 is 82.5 Å². The maximum absolute atomic E-state index is 7.04. The van der Waals surface area contributed by atoms with Crippen molar-refractivity contribution in [3.8, 4) is 22.3 Å². The molecule has 56 heavy (non-hydrogen) atoms. The lowest BCUT2D eigenvalue weighted by atomic mass is 9.82. The third-order valence-corrected chi connectivity index (χ3v) is 12.3. The van der Waals surface area contributed by atoms with E-state index in [0.29, 0.717) is 0 Å². The normalized spacial score (nSPS) is 13.3. The highest BCUT2D eigenvalue weighted by Gasteiger charge is 2.38. The molecule has 0 bridgehead atoms. The van der Waals surface area contributed by atoms with Crippen LogP contribution in [-0.4, -0.2) is 0 Å². The van der Waals surface area contributed by atoms with Gasteiger partial charge < -0.3 is 13.7 Å². The van der Waals surface area contributed by atoms with Gasteiger partial charge in [0, 0.05) is 27.3 Å². The zero-order valence-corrected chi connectivity index (χ0v) is 31.0. The molecule has 0 radical (unpaired) electrons. The summed E-state index contributed by atoms with van der Waals surface area (Å²) in [6, 6.07) is 63.4. The number of furan rings is 2. The molecule has 0 spiro atoms. The van der Waals surface area contributed by atoms with Crippen LogP contribution >= 0.6 is 0 Å².